The summed E-state index contributed by atoms with van der Waals surface area (Å²) in [7, 11) is 0. The quantitative estimate of drug-likeness (QED) is 0.438. The number of hydrogen-bond donors (Lipinski definition) is 3. The molecular formula is C25H27F3N8. The third-order valence-corrected chi connectivity index (χ3v) is 8.07. The summed E-state index contributed by atoms with van der Waals surface area (Å²) in [5.74, 6) is -1.85. The van der Waals surface area contributed by atoms with Gasteiger partial charge in [0.15, 0.2) is 5.66 Å². The highest BCUT2D eigenvalue weighted by Crippen LogP contribution is 2.60. The van der Waals surface area contributed by atoms with E-state index in [1.165, 1.54) is 17.0 Å². The SMILES string of the molecule is C[C@H]1C[C@@]12C(=N)N(C=N)C1=CNC(n3ccnc3-c3ccc(F)cc3)=NC1(C)N2C1CCC(F)(F)C1. The zero-order valence-corrected chi connectivity index (χ0v) is 20.0. The number of hydrogen-bond acceptors (Lipinski definition) is 6. The van der Waals surface area contributed by atoms with Crippen molar-refractivity contribution in [2.24, 2.45) is 10.9 Å². The normalized spacial score (nSPS) is 33.1. The van der Waals surface area contributed by atoms with Crippen LogP contribution in [0.25, 0.3) is 11.4 Å². The molecule has 3 heterocycles. The maximum absolute atomic E-state index is 14.4. The van der Waals surface area contributed by atoms with Gasteiger partial charge in [0, 0.05) is 43.0 Å². The summed E-state index contributed by atoms with van der Waals surface area (Å²) in [5.41, 5.74) is -0.648. The van der Waals surface area contributed by atoms with Gasteiger partial charge in [0.1, 0.15) is 17.5 Å². The summed E-state index contributed by atoms with van der Waals surface area (Å²) >= 11 is 0. The minimum absolute atomic E-state index is 0.0663. The molecule has 0 bridgehead atoms. The maximum Gasteiger partial charge on any atom is 0.249 e. The molecule has 8 nitrogen and oxygen atoms in total. The van der Waals surface area contributed by atoms with Crippen molar-refractivity contribution >= 4 is 18.1 Å². The third-order valence-electron chi connectivity index (χ3n) is 8.07. The molecule has 0 amide bonds. The van der Waals surface area contributed by atoms with Crippen LogP contribution in [0.3, 0.4) is 0 Å². The number of imidazole rings is 1. The predicted molar refractivity (Wildman–Crippen MR) is 129 cm³/mol. The van der Waals surface area contributed by atoms with Gasteiger partial charge in [-0.2, -0.15) is 0 Å². The molecule has 2 aliphatic heterocycles. The molecule has 4 aliphatic rings. The molecule has 4 atom stereocenters. The van der Waals surface area contributed by atoms with Crippen molar-refractivity contribution in [1.82, 2.24) is 24.7 Å². The van der Waals surface area contributed by atoms with Crippen LogP contribution in [0, 0.1) is 22.6 Å². The average Bonchev–Trinajstić information content (AvgIpc) is 3.15. The molecule has 1 aromatic carbocycles. The number of fused-ring (bicyclic) bond motifs is 1. The van der Waals surface area contributed by atoms with Crippen molar-refractivity contribution in [2.45, 2.75) is 62.7 Å². The van der Waals surface area contributed by atoms with Gasteiger partial charge >= 0.3 is 0 Å². The Morgan fingerprint density at radius 3 is 2.53 bits per heavy atom. The molecule has 3 fully saturated rings. The molecular weight excluding hydrogens is 469 g/mol. The highest BCUT2D eigenvalue weighted by atomic mass is 19.3. The number of benzene rings is 1. The Balaban J connectivity index is 1.49. The van der Waals surface area contributed by atoms with E-state index in [9.17, 15) is 13.2 Å². The van der Waals surface area contributed by atoms with E-state index in [0.717, 1.165) is 6.34 Å². The Labute approximate surface area is 206 Å². The summed E-state index contributed by atoms with van der Waals surface area (Å²) in [6.07, 6.45) is 6.62. The van der Waals surface area contributed by atoms with Crippen LogP contribution in [0.5, 0.6) is 0 Å². The lowest BCUT2D eigenvalue weighted by atomic mass is 9.90. The second kappa shape index (κ2) is 7.52. The van der Waals surface area contributed by atoms with Crippen molar-refractivity contribution in [1.29, 1.82) is 10.8 Å². The van der Waals surface area contributed by atoms with Crippen LogP contribution in [-0.4, -0.2) is 60.7 Å². The van der Waals surface area contributed by atoms with Crippen LogP contribution in [0.4, 0.5) is 13.2 Å². The van der Waals surface area contributed by atoms with E-state index in [-0.39, 0.29) is 30.4 Å². The monoisotopic (exact) mass is 496 g/mol. The number of rotatable bonds is 3. The number of aliphatic imine (C=N–C) groups is 1. The largest absolute Gasteiger partial charge is 0.330 e. The lowest BCUT2D eigenvalue weighted by molar-refractivity contribution is -0.0226. The zero-order chi connectivity index (χ0) is 25.5. The molecule has 188 valence electrons. The van der Waals surface area contributed by atoms with Gasteiger partial charge in [-0.25, -0.2) is 23.1 Å². The minimum atomic E-state index is -2.76. The average molecular weight is 497 g/mol. The van der Waals surface area contributed by atoms with Gasteiger partial charge in [-0.15, -0.1) is 0 Å². The van der Waals surface area contributed by atoms with Gasteiger partial charge in [0.2, 0.25) is 11.9 Å². The topological polar surface area (TPSA) is 96.4 Å². The van der Waals surface area contributed by atoms with Gasteiger partial charge < -0.3 is 5.32 Å². The second-order valence-electron chi connectivity index (χ2n) is 10.3. The molecule has 2 saturated carbocycles. The Morgan fingerprint density at radius 2 is 1.92 bits per heavy atom. The Kier molecular flexibility index (Phi) is 4.79. The highest BCUT2D eigenvalue weighted by molar-refractivity contribution is 6.03. The van der Waals surface area contributed by atoms with E-state index < -0.39 is 23.2 Å². The van der Waals surface area contributed by atoms with Crippen LogP contribution in [0.15, 0.2) is 53.5 Å². The first-order valence-corrected chi connectivity index (χ1v) is 12.0. The molecule has 3 N–H and O–H groups in total. The van der Waals surface area contributed by atoms with Gasteiger partial charge in [-0.3, -0.25) is 25.2 Å². The Morgan fingerprint density at radius 1 is 1.19 bits per heavy atom. The molecule has 0 radical (unpaired) electrons. The lowest BCUT2D eigenvalue weighted by Crippen LogP contribution is -2.71. The van der Waals surface area contributed by atoms with Gasteiger partial charge in [-0.05, 0) is 49.9 Å². The summed E-state index contributed by atoms with van der Waals surface area (Å²) in [4.78, 5) is 13.1. The highest BCUT2D eigenvalue weighted by Gasteiger charge is 2.71. The van der Waals surface area contributed by atoms with E-state index in [4.69, 9.17) is 15.8 Å². The van der Waals surface area contributed by atoms with Crippen LogP contribution < -0.4 is 5.32 Å². The third kappa shape index (κ3) is 3.11. The summed E-state index contributed by atoms with van der Waals surface area (Å²) in [6, 6.07) is 5.52. The Hall–Kier alpha value is -3.47. The number of nitrogens with one attached hydrogen (secondary N) is 3. The first kappa shape index (κ1) is 23.0. The van der Waals surface area contributed by atoms with E-state index in [1.54, 1.807) is 35.3 Å². The Bertz CT molecular complexity index is 1310. The van der Waals surface area contributed by atoms with E-state index in [0.29, 0.717) is 35.9 Å². The van der Waals surface area contributed by atoms with Gasteiger partial charge in [0.25, 0.3) is 0 Å². The predicted octanol–water partition coefficient (Wildman–Crippen LogP) is 4.22. The first-order valence-electron chi connectivity index (χ1n) is 12.0. The summed E-state index contributed by atoms with van der Waals surface area (Å²) in [5, 5.41) is 20.2. The smallest absolute Gasteiger partial charge is 0.249 e. The number of nitrogens with zero attached hydrogens (tertiary/aromatic N) is 5. The molecule has 2 unspecified atom stereocenters. The van der Waals surface area contributed by atoms with Crippen LogP contribution in [0.2, 0.25) is 0 Å². The first-order chi connectivity index (χ1) is 17.1. The minimum Gasteiger partial charge on any atom is -0.330 e. The van der Waals surface area contributed by atoms with Crippen molar-refractivity contribution in [3.8, 4) is 11.4 Å². The van der Waals surface area contributed by atoms with Crippen molar-refractivity contribution in [2.75, 3.05) is 0 Å². The van der Waals surface area contributed by atoms with Crippen LogP contribution >= 0.6 is 0 Å². The molecule has 1 aromatic heterocycles. The molecule has 1 saturated heterocycles. The summed E-state index contributed by atoms with van der Waals surface area (Å²) in [6.45, 7) is 3.89. The molecule has 6 rings (SSSR count). The van der Waals surface area contributed by atoms with E-state index >= 15 is 0 Å². The zero-order valence-electron chi connectivity index (χ0n) is 20.0. The number of halogens is 3. The molecule has 11 heteroatoms. The summed E-state index contributed by atoms with van der Waals surface area (Å²) < 4.78 is 44.1. The molecule has 36 heavy (non-hydrogen) atoms. The van der Waals surface area contributed by atoms with Crippen molar-refractivity contribution in [3.05, 3.63) is 54.4 Å². The lowest BCUT2D eigenvalue weighted by Gasteiger charge is -2.56. The van der Waals surface area contributed by atoms with E-state index in [1.807, 2.05) is 18.7 Å². The van der Waals surface area contributed by atoms with Crippen molar-refractivity contribution < 1.29 is 13.2 Å². The fourth-order valence-electron chi connectivity index (χ4n) is 6.32. The number of amidine groups is 1. The standard InChI is InChI=1S/C25H27F3N8/c1-15-11-25(15)21(30)35(14-29)19-13-32-22(33-23(19,2)36(25)18-7-8-24(27,28)12-18)34-10-9-31-20(34)16-3-5-17(26)6-4-16/h3-6,9-10,13-15,18,29-30H,7-8,11-12H2,1-2H3,(H,32,33)/t15-,18?,23?,25-/m0/s1. The molecule has 2 aliphatic carbocycles. The van der Waals surface area contributed by atoms with E-state index in [2.05, 4.69) is 10.3 Å². The fourth-order valence-corrected chi connectivity index (χ4v) is 6.32. The maximum atomic E-state index is 14.4. The fraction of sp³-hybridized carbons (Fsp3) is 0.440. The number of piperazine rings is 1. The molecule has 2 aromatic rings. The van der Waals surface area contributed by atoms with Gasteiger partial charge in [0.05, 0.1) is 17.6 Å². The van der Waals surface area contributed by atoms with Crippen LogP contribution in [-0.2, 0) is 0 Å². The number of aromatic nitrogens is 2. The second-order valence-corrected chi connectivity index (χ2v) is 10.3. The molecule has 1 spiro atoms. The van der Waals surface area contributed by atoms with Crippen molar-refractivity contribution in [3.63, 3.8) is 0 Å². The van der Waals surface area contributed by atoms with Crippen LogP contribution in [0.1, 0.15) is 39.5 Å². The number of alkyl halides is 2. The van der Waals surface area contributed by atoms with Gasteiger partial charge in [-0.1, -0.05) is 6.92 Å².